The smallest absolute Gasteiger partial charge is 0.235 e. The van der Waals surface area contributed by atoms with Crippen LogP contribution in [0.1, 0.15) is 13.8 Å². The van der Waals surface area contributed by atoms with Gasteiger partial charge in [-0.25, -0.2) is 0 Å². The molecule has 5 heteroatoms. The summed E-state index contributed by atoms with van der Waals surface area (Å²) in [4.78, 5) is 13.7. The lowest BCUT2D eigenvalue weighted by molar-refractivity contribution is -0.131. The van der Waals surface area contributed by atoms with Gasteiger partial charge >= 0.3 is 0 Å². The van der Waals surface area contributed by atoms with Crippen LogP contribution < -0.4 is 5.32 Å². The van der Waals surface area contributed by atoms with Crippen molar-refractivity contribution >= 4 is 30.1 Å². The molecule has 1 amide bonds. The number of carbonyl (C=O) groups excluding carboxylic acids is 1. The number of carbonyl (C=O) groups is 1. The molecule has 1 aliphatic rings. The molecule has 0 aromatic heterocycles. The Morgan fingerprint density at radius 2 is 2.29 bits per heavy atom. The van der Waals surface area contributed by atoms with Crippen LogP contribution in [0.2, 0.25) is 0 Å². The van der Waals surface area contributed by atoms with Crippen LogP contribution in [-0.2, 0) is 4.79 Å². The van der Waals surface area contributed by atoms with Crippen molar-refractivity contribution in [3.63, 3.8) is 0 Å². The van der Waals surface area contributed by atoms with E-state index in [1.165, 1.54) is 0 Å². The number of rotatable bonds is 2. The molecule has 0 radical (unpaired) electrons. The molecule has 1 aliphatic heterocycles. The fourth-order valence-electron chi connectivity index (χ4n) is 1.49. The number of thioether (sulfide) groups is 1. The first-order valence-electron chi connectivity index (χ1n) is 4.70. The van der Waals surface area contributed by atoms with Gasteiger partial charge < -0.3 is 10.2 Å². The molecule has 1 rings (SSSR count). The van der Waals surface area contributed by atoms with Crippen molar-refractivity contribution in [3.05, 3.63) is 0 Å². The number of hydrogen-bond acceptors (Lipinski definition) is 3. The van der Waals surface area contributed by atoms with Crippen molar-refractivity contribution < 1.29 is 4.79 Å². The van der Waals surface area contributed by atoms with Crippen LogP contribution >= 0.6 is 24.2 Å². The average Bonchev–Trinajstić information content (AvgIpc) is 2.15. The third-order valence-electron chi connectivity index (χ3n) is 2.38. The predicted octanol–water partition coefficient (Wildman–Crippen LogP) is 0.980. The molecule has 84 valence electrons. The van der Waals surface area contributed by atoms with Crippen LogP contribution in [0.25, 0.3) is 0 Å². The Hall–Kier alpha value is 0.0700. The number of nitrogens with one attached hydrogen (secondary N) is 1. The minimum atomic E-state index is 0. The minimum absolute atomic E-state index is 0. The quantitative estimate of drug-likeness (QED) is 0.779. The van der Waals surface area contributed by atoms with Crippen molar-refractivity contribution in [1.82, 2.24) is 10.2 Å². The molecule has 1 fully saturated rings. The molecular formula is C9H19ClN2OS. The Labute approximate surface area is 96.4 Å². The molecule has 0 bridgehead atoms. The van der Waals surface area contributed by atoms with E-state index in [1.54, 1.807) is 11.8 Å². The van der Waals surface area contributed by atoms with Gasteiger partial charge in [-0.3, -0.25) is 4.79 Å². The summed E-state index contributed by atoms with van der Waals surface area (Å²) in [5, 5.41) is 3.43. The van der Waals surface area contributed by atoms with Gasteiger partial charge in [-0.2, -0.15) is 11.8 Å². The highest BCUT2D eigenvalue weighted by Crippen LogP contribution is 2.10. The van der Waals surface area contributed by atoms with Gasteiger partial charge in [-0.05, 0) is 20.1 Å². The lowest BCUT2D eigenvalue weighted by atomic mass is 10.2. The first-order chi connectivity index (χ1) is 6.15. The summed E-state index contributed by atoms with van der Waals surface area (Å²) in [5.41, 5.74) is 0. The average molecular weight is 239 g/mol. The maximum absolute atomic E-state index is 11.8. The lowest BCUT2D eigenvalue weighted by Crippen LogP contribution is -2.53. The van der Waals surface area contributed by atoms with E-state index < -0.39 is 0 Å². The van der Waals surface area contributed by atoms with Crippen LogP contribution in [0.15, 0.2) is 0 Å². The fourth-order valence-corrected chi connectivity index (χ4v) is 1.84. The summed E-state index contributed by atoms with van der Waals surface area (Å²) < 4.78 is 0. The lowest BCUT2D eigenvalue weighted by Gasteiger charge is -2.33. The number of nitrogens with zero attached hydrogens (tertiary/aromatic N) is 1. The number of halogens is 1. The van der Waals surface area contributed by atoms with Crippen molar-refractivity contribution in [3.8, 4) is 0 Å². The predicted molar refractivity (Wildman–Crippen MR) is 64.3 cm³/mol. The van der Waals surface area contributed by atoms with Gasteiger partial charge in [0.1, 0.15) is 0 Å². The van der Waals surface area contributed by atoms with E-state index in [0.717, 1.165) is 19.6 Å². The van der Waals surface area contributed by atoms with E-state index in [0.29, 0.717) is 6.04 Å². The Bertz CT molecular complexity index is 192. The second kappa shape index (κ2) is 6.53. The second-order valence-corrected chi connectivity index (χ2v) is 4.70. The van der Waals surface area contributed by atoms with Gasteiger partial charge in [-0.1, -0.05) is 0 Å². The highest BCUT2D eigenvalue weighted by Gasteiger charge is 2.23. The zero-order valence-electron chi connectivity index (χ0n) is 8.95. The summed E-state index contributed by atoms with van der Waals surface area (Å²) in [5.74, 6) is 0.279. The first kappa shape index (κ1) is 14.1. The molecule has 2 atom stereocenters. The molecule has 3 nitrogen and oxygen atoms in total. The normalized spacial score (nSPS) is 23.9. The van der Waals surface area contributed by atoms with Gasteiger partial charge in [0.2, 0.25) is 5.91 Å². The van der Waals surface area contributed by atoms with Gasteiger partial charge in [0.15, 0.2) is 0 Å². The Balaban J connectivity index is 0.00000169. The summed E-state index contributed by atoms with van der Waals surface area (Å²) in [6.07, 6.45) is 1.98. The molecule has 1 heterocycles. The van der Waals surface area contributed by atoms with Gasteiger partial charge in [0.25, 0.3) is 0 Å². The number of piperazine rings is 1. The largest absolute Gasteiger partial charge is 0.339 e. The van der Waals surface area contributed by atoms with Crippen LogP contribution in [0.4, 0.5) is 0 Å². The number of hydrogen-bond donors (Lipinski definition) is 1. The van der Waals surface area contributed by atoms with Crippen LogP contribution in [0.5, 0.6) is 0 Å². The highest BCUT2D eigenvalue weighted by molar-refractivity contribution is 7.99. The summed E-state index contributed by atoms with van der Waals surface area (Å²) in [7, 11) is 0. The SMILES string of the molecule is CSC(C)C(=O)N1CCN[C@H](C)C1.Cl. The molecule has 1 unspecified atom stereocenters. The van der Waals surface area contributed by atoms with E-state index in [1.807, 2.05) is 18.1 Å². The first-order valence-corrected chi connectivity index (χ1v) is 5.99. The van der Waals surface area contributed by atoms with Gasteiger partial charge in [0, 0.05) is 25.7 Å². The van der Waals surface area contributed by atoms with Crippen molar-refractivity contribution in [2.45, 2.75) is 25.1 Å². The number of amides is 1. The second-order valence-electron chi connectivity index (χ2n) is 3.52. The van der Waals surface area contributed by atoms with Crippen molar-refractivity contribution in [1.29, 1.82) is 0 Å². The Kier molecular flexibility index (Phi) is 6.57. The van der Waals surface area contributed by atoms with Crippen LogP contribution in [0, 0.1) is 0 Å². The summed E-state index contributed by atoms with van der Waals surface area (Å²) in [6.45, 7) is 6.72. The minimum Gasteiger partial charge on any atom is -0.339 e. The van der Waals surface area contributed by atoms with E-state index in [2.05, 4.69) is 12.2 Å². The van der Waals surface area contributed by atoms with E-state index >= 15 is 0 Å². The standard InChI is InChI=1S/C9H18N2OS.ClH/c1-7-6-11(5-4-10-7)9(12)8(2)13-3;/h7-8,10H,4-6H2,1-3H3;1H/t7-,8?;/m1./s1. The Morgan fingerprint density at radius 3 is 2.79 bits per heavy atom. The summed E-state index contributed by atoms with van der Waals surface area (Å²) in [6, 6.07) is 0.437. The van der Waals surface area contributed by atoms with Gasteiger partial charge in [0.05, 0.1) is 5.25 Å². The highest BCUT2D eigenvalue weighted by atomic mass is 35.5. The molecule has 0 spiro atoms. The zero-order chi connectivity index (χ0) is 9.84. The molecule has 14 heavy (non-hydrogen) atoms. The van der Waals surface area contributed by atoms with Crippen molar-refractivity contribution in [2.24, 2.45) is 0 Å². The van der Waals surface area contributed by atoms with E-state index in [-0.39, 0.29) is 23.6 Å². The molecule has 0 saturated carbocycles. The molecule has 1 saturated heterocycles. The Morgan fingerprint density at radius 1 is 1.64 bits per heavy atom. The summed E-state index contributed by atoms with van der Waals surface area (Å²) >= 11 is 1.62. The van der Waals surface area contributed by atoms with Crippen LogP contribution in [0.3, 0.4) is 0 Å². The fraction of sp³-hybridized carbons (Fsp3) is 0.889. The van der Waals surface area contributed by atoms with E-state index in [9.17, 15) is 4.79 Å². The monoisotopic (exact) mass is 238 g/mol. The third kappa shape index (κ3) is 3.67. The van der Waals surface area contributed by atoms with Crippen LogP contribution in [-0.4, -0.2) is 48.0 Å². The molecule has 0 aliphatic carbocycles. The molecular weight excluding hydrogens is 220 g/mol. The molecule has 0 aromatic rings. The van der Waals surface area contributed by atoms with Crippen molar-refractivity contribution in [2.75, 3.05) is 25.9 Å². The zero-order valence-corrected chi connectivity index (χ0v) is 10.6. The van der Waals surface area contributed by atoms with E-state index in [4.69, 9.17) is 0 Å². The third-order valence-corrected chi connectivity index (χ3v) is 3.29. The maximum Gasteiger partial charge on any atom is 0.235 e. The molecule has 1 N–H and O–H groups in total. The van der Waals surface area contributed by atoms with Gasteiger partial charge in [-0.15, -0.1) is 12.4 Å². The molecule has 0 aromatic carbocycles. The maximum atomic E-state index is 11.8. The topological polar surface area (TPSA) is 32.3 Å².